The first-order chi connectivity index (χ1) is 6.72. The van der Waals surface area contributed by atoms with Gasteiger partial charge < -0.3 is 0 Å². The number of aryl methyl sites for hydroxylation is 1. The van der Waals surface area contributed by atoms with E-state index in [2.05, 4.69) is 6.07 Å². The molecule has 3 heteroatoms. The average Bonchev–Trinajstić information content (AvgIpc) is 2.20. The van der Waals surface area contributed by atoms with Crippen LogP contribution in [0.5, 0.6) is 0 Å². The Morgan fingerprint density at radius 1 is 1.29 bits per heavy atom. The van der Waals surface area contributed by atoms with Crippen LogP contribution in [-0.2, 0) is 12.8 Å². The molecule has 0 aromatic heterocycles. The topological polar surface area (TPSA) is 47.6 Å². The largest absolute Gasteiger partial charge is 0.198 e. The van der Waals surface area contributed by atoms with Crippen molar-refractivity contribution in [3.8, 4) is 12.1 Å². The predicted octanol–water partition coefficient (Wildman–Crippen LogP) is 2.84. The van der Waals surface area contributed by atoms with Gasteiger partial charge in [0.25, 0.3) is 0 Å². The van der Waals surface area contributed by atoms with E-state index in [1.807, 2.05) is 13.0 Å². The van der Waals surface area contributed by atoms with Crippen LogP contribution >= 0.6 is 11.6 Å². The Hall–Kier alpha value is -1.51. The Morgan fingerprint density at radius 2 is 2.00 bits per heavy atom. The molecule has 1 rings (SSSR count). The fourth-order valence-electron chi connectivity index (χ4n) is 1.32. The average molecular weight is 205 g/mol. The predicted molar refractivity (Wildman–Crippen MR) is 54.9 cm³/mol. The summed E-state index contributed by atoms with van der Waals surface area (Å²) in [4.78, 5) is 0. The molecule has 2 nitrogen and oxygen atoms in total. The zero-order chi connectivity index (χ0) is 10.6. The minimum atomic E-state index is 0.328. The van der Waals surface area contributed by atoms with Crippen molar-refractivity contribution in [3.63, 3.8) is 0 Å². The SMILES string of the molecule is CCc1cc(Cl)c(C#N)cc1CC#N. The summed E-state index contributed by atoms with van der Waals surface area (Å²) >= 11 is 5.88. The molecule has 0 aliphatic heterocycles. The Labute approximate surface area is 88.3 Å². The van der Waals surface area contributed by atoms with E-state index < -0.39 is 0 Å². The molecule has 0 aliphatic carbocycles. The van der Waals surface area contributed by atoms with Crippen LogP contribution in [0.15, 0.2) is 12.1 Å². The van der Waals surface area contributed by atoms with Crippen LogP contribution in [0.3, 0.4) is 0 Å². The molecule has 0 aliphatic rings. The van der Waals surface area contributed by atoms with Crippen molar-refractivity contribution in [2.24, 2.45) is 0 Å². The van der Waals surface area contributed by atoms with E-state index in [0.717, 1.165) is 17.5 Å². The summed E-state index contributed by atoms with van der Waals surface area (Å²) in [6.07, 6.45) is 1.15. The number of hydrogen-bond donors (Lipinski definition) is 0. The number of hydrogen-bond acceptors (Lipinski definition) is 2. The normalized spacial score (nSPS) is 9.14. The van der Waals surface area contributed by atoms with E-state index in [1.165, 1.54) is 0 Å². The monoisotopic (exact) mass is 204 g/mol. The van der Waals surface area contributed by atoms with Crippen molar-refractivity contribution in [2.75, 3.05) is 0 Å². The highest BCUT2D eigenvalue weighted by molar-refractivity contribution is 6.31. The highest BCUT2D eigenvalue weighted by Crippen LogP contribution is 2.21. The molecule has 0 saturated heterocycles. The first kappa shape index (κ1) is 10.6. The summed E-state index contributed by atoms with van der Waals surface area (Å²) in [7, 11) is 0. The van der Waals surface area contributed by atoms with E-state index in [-0.39, 0.29) is 0 Å². The van der Waals surface area contributed by atoms with E-state index in [1.54, 1.807) is 12.1 Å². The maximum absolute atomic E-state index is 8.76. The van der Waals surface area contributed by atoms with Crippen molar-refractivity contribution in [2.45, 2.75) is 19.8 Å². The van der Waals surface area contributed by atoms with Crippen molar-refractivity contribution in [1.82, 2.24) is 0 Å². The number of rotatable bonds is 2. The Morgan fingerprint density at radius 3 is 2.50 bits per heavy atom. The molecule has 0 N–H and O–H groups in total. The minimum absolute atomic E-state index is 0.328. The zero-order valence-electron chi connectivity index (χ0n) is 7.84. The van der Waals surface area contributed by atoms with Crippen molar-refractivity contribution in [3.05, 3.63) is 33.8 Å². The molecular weight excluding hydrogens is 196 g/mol. The van der Waals surface area contributed by atoms with E-state index in [0.29, 0.717) is 17.0 Å². The molecule has 0 atom stereocenters. The van der Waals surface area contributed by atoms with Crippen LogP contribution in [-0.4, -0.2) is 0 Å². The van der Waals surface area contributed by atoms with Crippen molar-refractivity contribution >= 4 is 11.6 Å². The zero-order valence-corrected chi connectivity index (χ0v) is 8.60. The first-order valence-electron chi connectivity index (χ1n) is 4.31. The van der Waals surface area contributed by atoms with Crippen LogP contribution in [0, 0.1) is 22.7 Å². The Kier molecular flexibility index (Phi) is 3.51. The van der Waals surface area contributed by atoms with Crippen LogP contribution in [0.2, 0.25) is 5.02 Å². The first-order valence-corrected chi connectivity index (χ1v) is 4.69. The standard InChI is InChI=1S/C11H9ClN2/c1-2-8-6-11(12)10(7-14)5-9(8)3-4-13/h5-6H,2-3H2,1H3. The van der Waals surface area contributed by atoms with Gasteiger partial charge in [-0.2, -0.15) is 10.5 Å². The Bertz CT molecular complexity index is 424. The number of nitriles is 2. The fourth-order valence-corrected chi connectivity index (χ4v) is 1.55. The molecule has 0 bridgehead atoms. The Balaban J connectivity index is 3.28. The molecular formula is C11H9ClN2. The highest BCUT2D eigenvalue weighted by atomic mass is 35.5. The van der Waals surface area contributed by atoms with Gasteiger partial charge in [0.05, 0.1) is 23.1 Å². The van der Waals surface area contributed by atoms with Gasteiger partial charge in [-0.05, 0) is 29.7 Å². The van der Waals surface area contributed by atoms with Crippen LogP contribution < -0.4 is 0 Å². The minimum Gasteiger partial charge on any atom is -0.198 e. The van der Waals surface area contributed by atoms with Gasteiger partial charge in [-0.3, -0.25) is 0 Å². The number of nitrogens with zero attached hydrogens (tertiary/aromatic N) is 2. The maximum Gasteiger partial charge on any atom is 0.101 e. The van der Waals surface area contributed by atoms with Gasteiger partial charge in [-0.1, -0.05) is 18.5 Å². The van der Waals surface area contributed by atoms with Crippen molar-refractivity contribution < 1.29 is 0 Å². The molecule has 0 spiro atoms. The molecule has 0 heterocycles. The summed E-state index contributed by atoms with van der Waals surface area (Å²) < 4.78 is 0. The van der Waals surface area contributed by atoms with Gasteiger partial charge >= 0.3 is 0 Å². The summed E-state index contributed by atoms with van der Waals surface area (Å²) in [6, 6.07) is 7.55. The van der Waals surface area contributed by atoms with Gasteiger partial charge in [0.15, 0.2) is 0 Å². The fraction of sp³-hybridized carbons (Fsp3) is 0.273. The molecule has 1 aromatic carbocycles. The van der Waals surface area contributed by atoms with Gasteiger partial charge in [-0.25, -0.2) is 0 Å². The van der Waals surface area contributed by atoms with Crippen LogP contribution in [0.25, 0.3) is 0 Å². The van der Waals surface area contributed by atoms with Gasteiger partial charge in [-0.15, -0.1) is 0 Å². The maximum atomic E-state index is 8.76. The van der Waals surface area contributed by atoms with E-state index >= 15 is 0 Å². The van der Waals surface area contributed by atoms with Gasteiger partial charge in [0, 0.05) is 0 Å². The lowest BCUT2D eigenvalue weighted by atomic mass is 10.0. The number of benzene rings is 1. The van der Waals surface area contributed by atoms with E-state index in [4.69, 9.17) is 22.1 Å². The summed E-state index contributed by atoms with van der Waals surface area (Å²) in [5, 5.41) is 17.8. The molecule has 1 aromatic rings. The lowest BCUT2D eigenvalue weighted by molar-refractivity contribution is 1.08. The summed E-state index contributed by atoms with van der Waals surface area (Å²) in [5.41, 5.74) is 2.38. The molecule has 0 unspecified atom stereocenters. The molecule has 0 amide bonds. The van der Waals surface area contributed by atoms with Crippen LogP contribution in [0.1, 0.15) is 23.6 Å². The molecule has 70 valence electrons. The van der Waals surface area contributed by atoms with Crippen LogP contribution in [0.4, 0.5) is 0 Å². The molecule has 0 radical (unpaired) electrons. The lowest BCUT2D eigenvalue weighted by Gasteiger charge is -2.05. The summed E-state index contributed by atoms with van der Waals surface area (Å²) in [6.45, 7) is 2.00. The molecule has 0 saturated carbocycles. The quantitative estimate of drug-likeness (QED) is 0.744. The van der Waals surface area contributed by atoms with Gasteiger partial charge in [0.1, 0.15) is 6.07 Å². The number of halogens is 1. The van der Waals surface area contributed by atoms with Gasteiger partial charge in [0.2, 0.25) is 0 Å². The third-order valence-corrected chi connectivity index (χ3v) is 2.37. The second-order valence-corrected chi connectivity index (χ2v) is 3.31. The molecule has 0 fully saturated rings. The second-order valence-electron chi connectivity index (χ2n) is 2.90. The molecule has 14 heavy (non-hydrogen) atoms. The summed E-state index contributed by atoms with van der Waals surface area (Å²) in [5.74, 6) is 0. The lowest BCUT2D eigenvalue weighted by Crippen LogP contribution is -1.93. The second kappa shape index (κ2) is 4.65. The third-order valence-electron chi connectivity index (χ3n) is 2.06. The van der Waals surface area contributed by atoms with E-state index in [9.17, 15) is 0 Å². The smallest absolute Gasteiger partial charge is 0.101 e. The van der Waals surface area contributed by atoms with Crippen molar-refractivity contribution in [1.29, 1.82) is 10.5 Å². The third kappa shape index (κ3) is 2.05. The highest BCUT2D eigenvalue weighted by Gasteiger charge is 2.06.